The lowest BCUT2D eigenvalue weighted by atomic mass is 10.0. The second kappa shape index (κ2) is 10.3. The largest absolute Gasteiger partial charge is 0.471 e. The lowest BCUT2D eigenvalue weighted by Gasteiger charge is -2.20. The van der Waals surface area contributed by atoms with Crippen molar-refractivity contribution in [3.63, 3.8) is 0 Å². The van der Waals surface area contributed by atoms with E-state index in [4.69, 9.17) is 15.6 Å². The number of aliphatic imine (C=N–C) groups is 1. The third-order valence-electron chi connectivity index (χ3n) is 5.97. The number of nitrogens with zero attached hydrogens (tertiary/aromatic N) is 6. The number of hydrogen-bond acceptors (Lipinski definition) is 8. The summed E-state index contributed by atoms with van der Waals surface area (Å²) < 4.78 is 47.1. The normalized spacial score (nSPS) is 16.7. The summed E-state index contributed by atoms with van der Waals surface area (Å²) in [7, 11) is 0. The number of rotatable bonds is 6. The van der Waals surface area contributed by atoms with Crippen LogP contribution in [0.15, 0.2) is 46.9 Å². The van der Waals surface area contributed by atoms with Gasteiger partial charge in [0.25, 0.3) is 0 Å². The fourth-order valence-corrected chi connectivity index (χ4v) is 4.11. The fourth-order valence-electron chi connectivity index (χ4n) is 4.11. The van der Waals surface area contributed by atoms with Gasteiger partial charge in [-0.15, -0.1) is 0 Å². The van der Waals surface area contributed by atoms with Crippen LogP contribution in [0.25, 0.3) is 5.65 Å². The van der Waals surface area contributed by atoms with E-state index in [9.17, 15) is 18.4 Å². The molecule has 0 saturated carbocycles. The van der Waals surface area contributed by atoms with E-state index in [2.05, 4.69) is 20.4 Å². The first-order valence-corrected chi connectivity index (χ1v) is 11.4. The molecular formula is C24H25F3N8O. The Morgan fingerprint density at radius 1 is 1.25 bits per heavy atom. The Kier molecular flexibility index (Phi) is 7.21. The number of hydrogen-bond donors (Lipinski definition) is 2. The SMILES string of the molecule is CC(=NC1CCNCC1)/C(=N\N)c1cc(OC(C)c2cncc(C(F)(F)F)c2)n2c(C#N)cnc2c1. The van der Waals surface area contributed by atoms with Crippen molar-refractivity contribution in [2.75, 3.05) is 13.1 Å². The van der Waals surface area contributed by atoms with Crippen LogP contribution in [0, 0.1) is 11.3 Å². The number of hydrazone groups is 1. The third-order valence-corrected chi connectivity index (χ3v) is 5.97. The molecule has 3 aromatic heterocycles. The molecule has 1 aliphatic heterocycles. The summed E-state index contributed by atoms with van der Waals surface area (Å²) in [5.74, 6) is 5.94. The van der Waals surface area contributed by atoms with Gasteiger partial charge in [0.05, 0.1) is 23.5 Å². The smallest absolute Gasteiger partial charge is 0.417 e. The van der Waals surface area contributed by atoms with Crippen LogP contribution in [0.3, 0.4) is 0 Å². The van der Waals surface area contributed by atoms with Crippen molar-refractivity contribution in [3.05, 3.63) is 59.2 Å². The van der Waals surface area contributed by atoms with E-state index in [1.165, 1.54) is 16.8 Å². The zero-order chi connectivity index (χ0) is 25.9. The molecule has 36 heavy (non-hydrogen) atoms. The van der Waals surface area contributed by atoms with Crippen molar-refractivity contribution in [1.29, 1.82) is 5.26 Å². The standard InChI is InChI=1S/C24H25F3N8O/c1-14(33-19-3-5-30-6-4-19)23(34-29)16-8-21-32-13-20(10-28)35(21)22(9-16)36-15(2)17-7-18(12-31-11-17)24(25,26)27/h7-9,11-13,15,19,30H,3-6,29H2,1-2H3/b33-14?,34-23+. The van der Waals surface area contributed by atoms with E-state index in [-0.39, 0.29) is 23.2 Å². The second-order valence-electron chi connectivity index (χ2n) is 8.47. The summed E-state index contributed by atoms with van der Waals surface area (Å²) in [5.41, 5.74) is 1.56. The first-order chi connectivity index (χ1) is 17.2. The van der Waals surface area contributed by atoms with Crippen molar-refractivity contribution < 1.29 is 17.9 Å². The molecule has 12 heteroatoms. The molecule has 1 atom stereocenters. The summed E-state index contributed by atoms with van der Waals surface area (Å²) in [6.45, 7) is 5.18. The Bertz CT molecular complexity index is 1350. The van der Waals surface area contributed by atoms with Gasteiger partial charge in [0.1, 0.15) is 29.2 Å². The number of halogens is 3. The minimum Gasteiger partial charge on any atom is -0.471 e. The molecule has 4 rings (SSSR count). The van der Waals surface area contributed by atoms with E-state index in [0.29, 0.717) is 22.6 Å². The summed E-state index contributed by atoms with van der Waals surface area (Å²) >= 11 is 0. The lowest BCUT2D eigenvalue weighted by molar-refractivity contribution is -0.137. The van der Waals surface area contributed by atoms with E-state index in [0.717, 1.165) is 38.2 Å². The first kappa shape index (κ1) is 25.1. The Balaban J connectivity index is 1.73. The maximum absolute atomic E-state index is 13.2. The molecule has 1 saturated heterocycles. The number of ether oxygens (including phenoxy) is 1. The molecule has 1 unspecified atom stereocenters. The maximum atomic E-state index is 13.2. The molecule has 0 aliphatic carbocycles. The zero-order valence-corrected chi connectivity index (χ0v) is 19.8. The predicted molar refractivity (Wildman–Crippen MR) is 128 cm³/mol. The van der Waals surface area contributed by atoms with Gasteiger partial charge < -0.3 is 15.9 Å². The van der Waals surface area contributed by atoms with Gasteiger partial charge in [0.2, 0.25) is 5.88 Å². The number of imidazole rings is 1. The lowest BCUT2D eigenvalue weighted by Crippen LogP contribution is -2.31. The fraction of sp³-hybridized carbons (Fsp3) is 0.375. The number of nitriles is 1. The number of fused-ring (bicyclic) bond motifs is 1. The van der Waals surface area contributed by atoms with Crippen LogP contribution in [0.5, 0.6) is 5.88 Å². The van der Waals surface area contributed by atoms with E-state index < -0.39 is 17.8 Å². The highest BCUT2D eigenvalue weighted by Gasteiger charge is 2.31. The van der Waals surface area contributed by atoms with Gasteiger partial charge in [-0.1, -0.05) is 0 Å². The van der Waals surface area contributed by atoms with Gasteiger partial charge in [-0.05, 0) is 51.9 Å². The predicted octanol–water partition coefficient (Wildman–Crippen LogP) is 3.64. The van der Waals surface area contributed by atoms with Gasteiger partial charge in [-0.2, -0.15) is 23.5 Å². The van der Waals surface area contributed by atoms with Crippen LogP contribution in [0.4, 0.5) is 13.2 Å². The Hall–Kier alpha value is -3.98. The first-order valence-electron chi connectivity index (χ1n) is 11.4. The third kappa shape index (κ3) is 5.31. The van der Waals surface area contributed by atoms with Crippen LogP contribution < -0.4 is 15.9 Å². The van der Waals surface area contributed by atoms with Gasteiger partial charge in [0.15, 0.2) is 0 Å². The number of alkyl halides is 3. The van der Waals surface area contributed by atoms with E-state index in [1.54, 1.807) is 19.1 Å². The number of nitrogens with one attached hydrogen (secondary N) is 1. The second-order valence-corrected chi connectivity index (χ2v) is 8.47. The molecule has 3 N–H and O–H groups in total. The minimum absolute atomic E-state index is 0.146. The van der Waals surface area contributed by atoms with Crippen molar-refractivity contribution in [2.45, 2.75) is 45.0 Å². The summed E-state index contributed by atoms with van der Waals surface area (Å²) in [5, 5.41) is 16.8. The molecule has 0 radical (unpaired) electrons. The van der Waals surface area contributed by atoms with Crippen LogP contribution in [0.2, 0.25) is 0 Å². The van der Waals surface area contributed by atoms with Gasteiger partial charge in [-0.3, -0.25) is 14.4 Å². The quantitative estimate of drug-likeness (QED) is 0.304. The summed E-state index contributed by atoms with van der Waals surface area (Å²) in [4.78, 5) is 12.8. The van der Waals surface area contributed by atoms with Crippen molar-refractivity contribution in [1.82, 2.24) is 19.7 Å². The molecule has 1 fully saturated rings. The molecule has 3 aromatic rings. The average molecular weight is 499 g/mol. The highest BCUT2D eigenvalue weighted by atomic mass is 19.4. The molecular weight excluding hydrogens is 473 g/mol. The molecule has 188 valence electrons. The Morgan fingerprint density at radius 2 is 2.00 bits per heavy atom. The van der Waals surface area contributed by atoms with Gasteiger partial charge in [0, 0.05) is 29.6 Å². The number of pyridine rings is 2. The Labute approximate surface area is 205 Å². The molecule has 0 amide bonds. The highest BCUT2D eigenvalue weighted by Crippen LogP contribution is 2.32. The highest BCUT2D eigenvalue weighted by molar-refractivity contribution is 6.47. The van der Waals surface area contributed by atoms with Crippen molar-refractivity contribution >= 4 is 17.1 Å². The van der Waals surface area contributed by atoms with Crippen molar-refractivity contribution in [3.8, 4) is 11.9 Å². The van der Waals surface area contributed by atoms with Crippen LogP contribution in [0.1, 0.15) is 55.2 Å². The molecule has 0 bridgehead atoms. The van der Waals surface area contributed by atoms with E-state index in [1.807, 2.05) is 13.0 Å². The van der Waals surface area contributed by atoms with E-state index >= 15 is 0 Å². The Morgan fingerprint density at radius 3 is 2.67 bits per heavy atom. The van der Waals surface area contributed by atoms with Crippen LogP contribution >= 0.6 is 0 Å². The van der Waals surface area contributed by atoms with Crippen LogP contribution in [-0.2, 0) is 6.18 Å². The number of aromatic nitrogens is 3. The maximum Gasteiger partial charge on any atom is 0.417 e. The molecule has 4 heterocycles. The monoisotopic (exact) mass is 498 g/mol. The van der Waals surface area contributed by atoms with Gasteiger partial charge >= 0.3 is 6.18 Å². The molecule has 0 spiro atoms. The molecule has 1 aliphatic rings. The zero-order valence-electron chi connectivity index (χ0n) is 19.8. The summed E-state index contributed by atoms with van der Waals surface area (Å²) in [6, 6.07) is 6.51. The van der Waals surface area contributed by atoms with Gasteiger partial charge in [-0.25, -0.2) is 4.98 Å². The molecule has 0 aromatic carbocycles. The average Bonchev–Trinajstić information content (AvgIpc) is 3.28. The molecule has 9 nitrogen and oxygen atoms in total. The number of piperidine rings is 1. The minimum atomic E-state index is -4.54. The number of nitrogens with two attached hydrogens (primary N) is 1. The topological polar surface area (TPSA) is 126 Å². The summed E-state index contributed by atoms with van der Waals surface area (Å²) in [6.07, 6.45) is -0.108. The van der Waals surface area contributed by atoms with Crippen LogP contribution in [-0.4, -0.2) is 44.9 Å². The van der Waals surface area contributed by atoms with Crippen molar-refractivity contribution in [2.24, 2.45) is 15.9 Å².